The van der Waals surface area contributed by atoms with Gasteiger partial charge in [-0.15, -0.1) is 6.58 Å². The van der Waals surface area contributed by atoms with E-state index in [-0.39, 0.29) is 0 Å². The highest BCUT2D eigenvalue weighted by Gasteiger charge is 2.47. The zero-order chi connectivity index (χ0) is 14.3. The molecular formula is C16H35NSi. The summed E-state index contributed by atoms with van der Waals surface area (Å²) >= 11 is 0. The Morgan fingerprint density at radius 1 is 1.00 bits per heavy atom. The lowest BCUT2D eigenvalue weighted by atomic mass is 10.3. The zero-order valence-electron chi connectivity index (χ0n) is 13.8. The van der Waals surface area contributed by atoms with Gasteiger partial charge in [0.15, 0.2) is 0 Å². The van der Waals surface area contributed by atoms with Crippen LogP contribution in [-0.2, 0) is 0 Å². The van der Waals surface area contributed by atoms with Gasteiger partial charge in [-0.1, -0.05) is 61.0 Å². The van der Waals surface area contributed by atoms with Crippen LogP contribution in [-0.4, -0.2) is 25.9 Å². The topological polar surface area (TPSA) is 3.24 Å². The predicted octanol–water partition coefficient (Wildman–Crippen LogP) is 5.45. The van der Waals surface area contributed by atoms with Gasteiger partial charge in [0.1, 0.15) is 8.24 Å². The van der Waals surface area contributed by atoms with Crippen molar-refractivity contribution in [3.05, 3.63) is 12.7 Å². The minimum absolute atomic E-state index is 0.800. The molecule has 0 amide bonds. The van der Waals surface area contributed by atoms with Crippen molar-refractivity contribution >= 4 is 8.24 Å². The molecule has 0 radical (unpaired) electrons. The zero-order valence-corrected chi connectivity index (χ0v) is 14.8. The Hall–Kier alpha value is -0.0831. The molecule has 0 aromatic carbocycles. The molecule has 0 aliphatic rings. The Bertz CT molecular complexity index is 211. The maximum atomic E-state index is 3.98. The van der Waals surface area contributed by atoms with Gasteiger partial charge in [0.25, 0.3) is 0 Å². The highest BCUT2D eigenvalue weighted by Crippen LogP contribution is 2.43. The van der Waals surface area contributed by atoms with Gasteiger partial charge in [0.05, 0.1) is 0 Å². The molecule has 1 nitrogen and oxygen atoms in total. The largest absolute Gasteiger partial charge is 0.319 e. The smallest absolute Gasteiger partial charge is 0.136 e. The van der Waals surface area contributed by atoms with Gasteiger partial charge in [0, 0.05) is 6.54 Å². The summed E-state index contributed by atoms with van der Waals surface area (Å²) < 4.78 is 2.82. The summed E-state index contributed by atoms with van der Waals surface area (Å²) in [5, 5.41) is 0. The molecule has 0 saturated carbocycles. The molecule has 108 valence electrons. The van der Waals surface area contributed by atoms with Gasteiger partial charge in [-0.05, 0) is 29.6 Å². The minimum Gasteiger partial charge on any atom is -0.319 e. The van der Waals surface area contributed by atoms with Crippen LogP contribution in [0.5, 0.6) is 0 Å². The molecule has 2 heteroatoms. The minimum atomic E-state index is -1.45. The number of hydrogen-bond acceptors (Lipinski definition) is 1. The SMILES string of the molecule is C=CCN(CCCC)[Si](C(C)C)(C(C)C)C(C)C. The third kappa shape index (κ3) is 3.71. The van der Waals surface area contributed by atoms with Crippen molar-refractivity contribution in [1.82, 2.24) is 4.57 Å². The van der Waals surface area contributed by atoms with E-state index in [9.17, 15) is 0 Å². The lowest BCUT2D eigenvalue weighted by molar-refractivity contribution is 0.413. The van der Waals surface area contributed by atoms with Crippen LogP contribution in [0.3, 0.4) is 0 Å². The third-order valence-corrected chi connectivity index (χ3v) is 11.5. The first-order valence-electron chi connectivity index (χ1n) is 7.71. The average molecular weight is 270 g/mol. The van der Waals surface area contributed by atoms with Crippen molar-refractivity contribution in [2.45, 2.75) is 77.9 Å². The number of unbranched alkanes of at least 4 members (excludes halogenated alkanes) is 1. The molecule has 0 bridgehead atoms. The van der Waals surface area contributed by atoms with E-state index in [0.717, 1.165) is 23.2 Å². The maximum Gasteiger partial charge on any atom is 0.136 e. The fraction of sp³-hybridized carbons (Fsp3) is 0.875. The van der Waals surface area contributed by atoms with E-state index >= 15 is 0 Å². The van der Waals surface area contributed by atoms with Crippen molar-refractivity contribution in [3.63, 3.8) is 0 Å². The molecule has 0 unspecified atom stereocenters. The molecule has 0 heterocycles. The summed E-state index contributed by atoms with van der Waals surface area (Å²) in [6.07, 6.45) is 4.70. The molecule has 0 aliphatic carbocycles. The highest BCUT2D eigenvalue weighted by atomic mass is 28.3. The van der Waals surface area contributed by atoms with Crippen molar-refractivity contribution < 1.29 is 0 Å². The van der Waals surface area contributed by atoms with E-state index < -0.39 is 8.24 Å². The molecule has 0 fully saturated rings. The van der Waals surface area contributed by atoms with Crippen LogP contribution in [0.1, 0.15) is 61.3 Å². The Kier molecular flexibility index (Phi) is 8.12. The van der Waals surface area contributed by atoms with Crippen molar-refractivity contribution in [2.75, 3.05) is 13.1 Å². The van der Waals surface area contributed by atoms with Crippen molar-refractivity contribution in [2.24, 2.45) is 0 Å². The van der Waals surface area contributed by atoms with Crippen LogP contribution in [0.15, 0.2) is 12.7 Å². The normalized spacial score (nSPS) is 13.1. The highest BCUT2D eigenvalue weighted by molar-refractivity contribution is 6.81. The average Bonchev–Trinajstić information content (AvgIpc) is 2.24. The van der Waals surface area contributed by atoms with Gasteiger partial charge in [-0.25, -0.2) is 0 Å². The summed E-state index contributed by atoms with van der Waals surface area (Å²) in [5.74, 6) is 0. The molecule has 18 heavy (non-hydrogen) atoms. The number of rotatable bonds is 9. The van der Waals surface area contributed by atoms with Crippen LogP contribution in [0.4, 0.5) is 0 Å². The number of nitrogens with zero attached hydrogens (tertiary/aromatic N) is 1. The molecule has 0 aromatic rings. The van der Waals surface area contributed by atoms with Gasteiger partial charge >= 0.3 is 0 Å². The summed E-state index contributed by atoms with van der Waals surface area (Å²) in [6, 6.07) is 0. The molecule has 0 aromatic heterocycles. The maximum absolute atomic E-state index is 3.98. The molecule has 0 N–H and O–H groups in total. The Labute approximate surface area is 117 Å². The van der Waals surface area contributed by atoms with E-state index in [1.54, 1.807) is 0 Å². The van der Waals surface area contributed by atoms with Gasteiger partial charge in [-0.2, -0.15) is 0 Å². The van der Waals surface area contributed by atoms with E-state index in [0.29, 0.717) is 0 Å². The fourth-order valence-corrected chi connectivity index (χ4v) is 11.2. The first kappa shape index (κ1) is 17.9. The summed E-state index contributed by atoms with van der Waals surface area (Å²) in [5.41, 5.74) is 2.40. The second-order valence-corrected chi connectivity index (χ2v) is 12.3. The van der Waals surface area contributed by atoms with Crippen LogP contribution in [0.25, 0.3) is 0 Å². The van der Waals surface area contributed by atoms with E-state index in [4.69, 9.17) is 0 Å². The molecule has 0 saturated heterocycles. The molecular weight excluding hydrogens is 234 g/mol. The lowest BCUT2D eigenvalue weighted by Gasteiger charge is -2.51. The Morgan fingerprint density at radius 2 is 1.44 bits per heavy atom. The molecule has 0 aliphatic heterocycles. The van der Waals surface area contributed by atoms with E-state index in [2.05, 4.69) is 65.7 Å². The van der Waals surface area contributed by atoms with Crippen LogP contribution in [0.2, 0.25) is 16.6 Å². The van der Waals surface area contributed by atoms with Crippen molar-refractivity contribution in [3.8, 4) is 0 Å². The van der Waals surface area contributed by atoms with Crippen LogP contribution < -0.4 is 0 Å². The van der Waals surface area contributed by atoms with E-state index in [1.165, 1.54) is 19.4 Å². The standard InChI is InChI=1S/C16H35NSi/c1-9-11-13-17(12-10-2)18(14(3)4,15(5)6)16(7)8/h10,14-16H,2,9,11-13H2,1,3-8H3. The molecule has 0 atom stereocenters. The molecule has 0 spiro atoms. The van der Waals surface area contributed by atoms with Gasteiger partial charge in [-0.3, -0.25) is 0 Å². The van der Waals surface area contributed by atoms with Crippen molar-refractivity contribution in [1.29, 1.82) is 0 Å². The summed E-state index contributed by atoms with van der Waals surface area (Å²) in [4.78, 5) is 0. The lowest BCUT2D eigenvalue weighted by Crippen LogP contribution is -2.60. The third-order valence-electron chi connectivity index (χ3n) is 4.45. The van der Waals surface area contributed by atoms with Gasteiger partial charge in [0.2, 0.25) is 0 Å². The Balaban J connectivity index is 5.37. The quantitative estimate of drug-likeness (QED) is 0.397. The van der Waals surface area contributed by atoms with E-state index in [1.807, 2.05) is 0 Å². The van der Waals surface area contributed by atoms with Crippen LogP contribution in [0, 0.1) is 0 Å². The second kappa shape index (κ2) is 8.16. The Morgan fingerprint density at radius 3 is 1.72 bits per heavy atom. The van der Waals surface area contributed by atoms with Crippen LogP contribution >= 0.6 is 0 Å². The number of hydrogen-bond donors (Lipinski definition) is 0. The predicted molar refractivity (Wildman–Crippen MR) is 87.7 cm³/mol. The summed E-state index contributed by atoms with van der Waals surface area (Å²) in [6.45, 7) is 23.2. The molecule has 0 rings (SSSR count). The first-order chi connectivity index (χ1) is 8.35. The second-order valence-electron chi connectivity index (χ2n) is 6.44. The first-order valence-corrected chi connectivity index (χ1v) is 9.89. The summed E-state index contributed by atoms with van der Waals surface area (Å²) in [7, 11) is -1.45. The fourth-order valence-electron chi connectivity index (χ4n) is 4.04. The van der Waals surface area contributed by atoms with Gasteiger partial charge < -0.3 is 4.57 Å². The monoisotopic (exact) mass is 269 g/mol.